The van der Waals surface area contributed by atoms with Crippen LogP contribution in [-0.2, 0) is 11.3 Å². The highest BCUT2D eigenvalue weighted by atomic mass is 35.5. The molecule has 7 heteroatoms. The maximum Gasteiger partial charge on any atom is 0.260 e. The minimum absolute atomic E-state index is 0.0494. The van der Waals surface area contributed by atoms with E-state index in [2.05, 4.69) is 24.8 Å². The summed E-state index contributed by atoms with van der Waals surface area (Å²) in [6.45, 7) is 9.57. The molecule has 0 aromatic heterocycles. The molecule has 2 aromatic carbocycles. The van der Waals surface area contributed by atoms with E-state index in [9.17, 15) is 4.79 Å². The van der Waals surface area contributed by atoms with E-state index < -0.39 is 0 Å². The van der Waals surface area contributed by atoms with Crippen molar-refractivity contribution < 1.29 is 19.0 Å². The average molecular weight is 487 g/mol. The zero-order chi connectivity index (χ0) is 24.1. The Kier molecular flexibility index (Phi) is 7.89. The molecule has 1 amide bonds. The molecule has 2 aromatic rings. The molecule has 2 aliphatic heterocycles. The molecule has 0 unspecified atom stereocenters. The molecule has 0 radical (unpaired) electrons. The number of methoxy groups -OCH3 is 1. The Morgan fingerprint density at radius 3 is 2.26 bits per heavy atom. The minimum Gasteiger partial charge on any atom is -0.497 e. The molecule has 184 valence electrons. The number of halogens is 1. The van der Waals surface area contributed by atoms with Crippen molar-refractivity contribution in [3.63, 3.8) is 0 Å². The number of carbonyl (C=O) groups is 1. The highest BCUT2D eigenvalue weighted by Crippen LogP contribution is 2.41. The van der Waals surface area contributed by atoms with Crippen LogP contribution >= 0.6 is 11.6 Å². The van der Waals surface area contributed by atoms with Crippen molar-refractivity contribution in [2.45, 2.75) is 33.2 Å². The summed E-state index contributed by atoms with van der Waals surface area (Å²) in [5, 5.41) is 0.763. The van der Waals surface area contributed by atoms with Crippen molar-refractivity contribution in [2.24, 2.45) is 11.3 Å². The minimum atomic E-state index is 0.0494. The number of nitrogens with zero attached hydrogens (tertiary/aromatic N) is 2. The van der Waals surface area contributed by atoms with Gasteiger partial charge in [0.05, 0.1) is 13.7 Å². The molecule has 2 aliphatic rings. The lowest BCUT2D eigenvalue weighted by atomic mass is 9.72. The van der Waals surface area contributed by atoms with Gasteiger partial charge in [-0.15, -0.1) is 0 Å². The Labute approximate surface area is 207 Å². The normalized spacial score (nSPS) is 17.5. The first-order valence-electron chi connectivity index (χ1n) is 12.0. The number of ether oxygens (including phenoxy) is 3. The Hall–Kier alpha value is -2.44. The van der Waals surface area contributed by atoms with Crippen LogP contribution in [-0.4, -0.2) is 62.2 Å². The number of amides is 1. The lowest BCUT2D eigenvalue weighted by Crippen LogP contribution is -2.60. The maximum absolute atomic E-state index is 12.6. The quantitative estimate of drug-likeness (QED) is 0.505. The van der Waals surface area contributed by atoms with Gasteiger partial charge < -0.3 is 19.1 Å². The number of hydrogen-bond donors (Lipinski definition) is 0. The first-order chi connectivity index (χ1) is 16.4. The van der Waals surface area contributed by atoms with Gasteiger partial charge in [-0.25, -0.2) is 0 Å². The van der Waals surface area contributed by atoms with E-state index in [1.165, 1.54) is 0 Å². The number of benzene rings is 2. The van der Waals surface area contributed by atoms with Crippen LogP contribution in [0.25, 0.3) is 0 Å². The summed E-state index contributed by atoms with van der Waals surface area (Å²) in [7, 11) is 1.63. The molecule has 6 nitrogen and oxygen atoms in total. The van der Waals surface area contributed by atoms with Crippen LogP contribution in [0.1, 0.15) is 32.3 Å². The van der Waals surface area contributed by atoms with E-state index in [1.54, 1.807) is 7.11 Å². The molecular formula is C27H35ClN2O4. The van der Waals surface area contributed by atoms with Crippen LogP contribution in [0.5, 0.6) is 17.2 Å². The second-order valence-electron chi connectivity index (χ2n) is 9.95. The van der Waals surface area contributed by atoms with Crippen molar-refractivity contribution in [1.82, 2.24) is 9.80 Å². The van der Waals surface area contributed by atoms with Gasteiger partial charge in [0.2, 0.25) is 0 Å². The first-order valence-corrected chi connectivity index (χ1v) is 12.4. The fraction of sp³-hybridized carbons (Fsp3) is 0.519. The van der Waals surface area contributed by atoms with E-state index >= 15 is 0 Å². The highest BCUT2D eigenvalue weighted by Gasteiger charge is 2.45. The third-order valence-corrected chi connectivity index (χ3v) is 7.07. The molecule has 0 bridgehead atoms. The molecule has 34 heavy (non-hydrogen) atoms. The molecule has 4 rings (SSSR count). The summed E-state index contributed by atoms with van der Waals surface area (Å²) in [4.78, 5) is 17.0. The first kappa shape index (κ1) is 24.7. The summed E-state index contributed by atoms with van der Waals surface area (Å²) >= 11 is 6.52. The third kappa shape index (κ3) is 6.16. The van der Waals surface area contributed by atoms with Crippen LogP contribution in [0.4, 0.5) is 0 Å². The van der Waals surface area contributed by atoms with E-state index in [1.807, 2.05) is 41.3 Å². The Morgan fingerprint density at radius 2 is 1.65 bits per heavy atom. The molecule has 2 saturated heterocycles. The van der Waals surface area contributed by atoms with Crippen LogP contribution < -0.4 is 14.2 Å². The zero-order valence-corrected chi connectivity index (χ0v) is 21.1. The standard InChI is InChI=1S/C27H35ClN2O4/c1-20(2)16-33-24-5-4-21(25(28)14-24)15-29-18-27(19-29)10-12-30(13-11-27)26(31)17-34-23-8-6-22(32-3)7-9-23/h4-9,14,20H,10-13,15-19H2,1-3H3. The second-order valence-corrected chi connectivity index (χ2v) is 10.4. The predicted octanol–water partition coefficient (Wildman–Crippen LogP) is 4.89. The third-order valence-electron chi connectivity index (χ3n) is 6.72. The van der Waals surface area contributed by atoms with Gasteiger partial charge in [-0.05, 0) is 66.1 Å². The van der Waals surface area contributed by atoms with Gasteiger partial charge in [0.15, 0.2) is 6.61 Å². The number of piperidine rings is 1. The van der Waals surface area contributed by atoms with Crippen molar-refractivity contribution in [2.75, 3.05) is 46.5 Å². The smallest absolute Gasteiger partial charge is 0.260 e. The Balaban J connectivity index is 1.19. The fourth-order valence-electron chi connectivity index (χ4n) is 4.72. The molecule has 2 fully saturated rings. The Morgan fingerprint density at radius 1 is 1.00 bits per heavy atom. The van der Waals surface area contributed by atoms with Gasteiger partial charge in [-0.2, -0.15) is 0 Å². The Bertz CT molecular complexity index is 963. The van der Waals surface area contributed by atoms with Crippen LogP contribution in [0.3, 0.4) is 0 Å². The fourth-order valence-corrected chi connectivity index (χ4v) is 4.95. The van der Waals surface area contributed by atoms with E-state index in [0.717, 1.165) is 67.7 Å². The summed E-state index contributed by atoms with van der Waals surface area (Å²) < 4.78 is 16.6. The number of hydrogen-bond acceptors (Lipinski definition) is 5. The van der Waals surface area contributed by atoms with Crippen LogP contribution in [0.2, 0.25) is 5.02 Å². The zero-order valence-electron chi connectivity index (χ0n) is 20.4. The second kappa shape index (κ2) is 10.9. The van der Waals surface area contributed by atoms with Crippen molar-refractivity contribution in [1.29, 1.82) is 0 Å². The largest absolute Gasteiger partial charge is 0.497 e. The van der Waals surface area contributed by atoms with Gasteiger partial charge in [-0.3, -0.25) is 9.69 Å². The van der Waals surface area contributed by atoms with Gasteiger partial charge in [0.25, 0.3) is 5.91 Å². The van der Waals surface area contributed by atoms with E-state index in [0.29, 0.717) is 23.7 Å². The topological polar surface area (TPSA) is 51.2 Å². The van der Waals surface area contributed by atoms with Crippen molar-refractivity contribution in [3.8, 4) is 17.2 Å². The van der Waals surface area contributed by atoms with Crippen LogP contribution in [0.15, 0.2) is 42.5 Å². The maximum atomic E-state index is 12.6. The molecule has 0 saturated carbocycles. The number of rotatable bonds is 9. The summed E-state index contributed by atoms with van der Waals surface area (Å²) in [5.74, 6) is 2.81. The summed E-state index contributed by atoms with van der Waals surface area (Å²) in [6, 6.07) is 13.3. The molecule has 2 heterocycles. The molecule has 1 spiro atoms. The molecule has 0 aliphatic carbocycles. The predicted molar refractivity (Wildman–Crippen MR) is 134 cm³/mol. The molecular weight excluding hydrogens is 452 g/mol. The SMILES string of the molecule is COc1ccc(OCC(=O)N2CCC3(CC2)CN(Cc2ccc(OCC(C)C)cc2Cl)C3)cc1. The monoisotopic (exact) mass is 486 g/mol. The van der Waals surface area contributed by atoms with Gasteiger partial charge in [0.1, 0.15) is 17.2 Å². The number of likely N-dealkylation sites (tertiary alicyclic amines) is 2. The van der Waals surface area contributed by atoms with E-state index in [4.69, 9.17) is 25.8 Å². The highest BCUT2D eigenvalue weighted by molar-refractivity contribution is 6.31. The number of carbonyl (C=O) groups excluding carboxylic acids is 1. The lowest BCUT2D eigenvalue weighted by molar-refractivity contribution is -0.138. The average Bonchev–Trinajstić information content (AvgIpc) is 2.82. The lowest BCUT2D eigenvalue weighted by Gasteiger charge is -2.54. The van der Waals surface area contributed by atoms with Gasteiger partial charge in [0, 0.05) is 37.7 Å². The summed E-state index contributed by atoms with van der Waals surface area (Å²) in [6.07, 6.45) is 2.07. The molecule has 0 atom stereocenters. The molecule has 0 N–H and O–H groups in total. The van der Waals surface area contributed by atoms with Gasteiger partial charge >= 0.3 is 0 Å². The van der Waals surface area contributed by atoms with Crippen molar-refractivity contribution >= 4 is 17.5 Å². The van der Waals surface area contributed by atoms with Gasteiger partial charge in [-0.1, -0.05) is 31.5 Å². The van der Waals surface area contributed by atoms with Crippen molar-refractivity contribution in [3.05, 3.63) is 53.1 Å². The van der Waals surface area contributed by atoms with Crippen LogP contribution in [0, 0.1) is 11.3 Å². The summed E-state index contributed by atoms with van der Waals surface area (Å²) in [5.41, 5.74) is 1.46. The van der Waals surface area contributed by atoms with E-state index in [-0.39, 0.29) is 12.5 Å².